The lowest BCUT2D eigenvalue weighted by Gasteiger charge is -2.30. The van der Waals surface area contributed by atoms with Gasteiger partial charge in [-0.25, -0.2) is 0 Å². The Morgan fingerprint density at radius 3 is 2.67 bits per heavy atom. The minimum atomic E-state index is 0.273. The summed E-state index contributed by atoms with van der Waals surface area (Å²) in [6.07, 6.45) is 0. The molecule has 0 aliphatic carbocycles. The molecule has 0 spiro atoms. The first-order chi connectivity index (χ1) is 10.2. The lowest BCUT2D eigenvalue weighted by molar-refractivity contribution is 0.0388. The molecule has 1 aromatic rings. The van der Waals surface area contributed by atoms with Gasteiger partial charge < -0.3 is 15.0 Å². The molecule has 1 aliphatic rings. The smallest absolute Gasteiger partial charge is 0.169 e. The molecular weight excluding hydrogens is 282 g/mol. The van der Waals surface area contributed by atoms with Gasteiger partial charge in [-0.05, 0) is 24.7 Å². The second kappa shape index (κ2) is 8.32. The Labute approximate surface area is 133 Å². The van der Waals surface area contributed by atoms with Crippen molar-refractivity contribution in [3.05, 3.63) is 35.9 Å². The van der Waals surface area contributed by atoms with Gasteiger partial charge in [0, 0.05) is 33.2 Å². The van der Waals surface area contributed by atoms with Crippen LogP contribution in [0.25, 0.3) is 0 Å². The normalized spacial score (nSPS) is 17.2. The molecule has 4 nitrogen and oxygen atoms in total. The molecular formula is C16H25N3OS. The standard InChI is InChI=1S/C16H25N3OS/c1-14(15-6-4-3-5-7-15)18(2)16(21)17-8-9-19-10-12-20-13-11-19/h3-7,14H,8-13H2,1-2H3,(H,17,21)/t14-/m0/s1. The number of nitrogens with one attached hydrogen (secondary N) is 1. The molecule has 0 aromatic heterocycles. The first kappa shape index (κ1) is 16.2. The lowest BCUT2D eigenvalue weighted by Crippen LogP contribution is -2.44. The lowest BCUT2D eigenvalue weighted by atomic mass is 10.1. The minimum Gasteiger partial charge on any atom is -0.379 e. The van der Waals surface area contributed by atoms with Crippen LogP contribution >= 0.6 is 12.2 Å². The summed E-state index contributed by atoms with van der Waals surface area (Å²) in [5, 5.41) is 4.16. The van der Waals surface area contributed by atoms with E-state index in [0.717, 1.165) is 44.5 Å². The minimum absolute atomic E-state index is 0.273. The summed E-state index contributed by atoms with van der Waals surface area (Å²) in [6.45, 7) is 7.78. The van der Waals surface area contributed by atoms with Crippen molar-refractivity contribution in [1.82, 2.24) is 15.1 Å². The maximum atomic E-state index is 5.49. The number of hydrogen-bond acceptors (Lipinski definition) is 3. The zero-order valence-corrected chi connectivity index (χ0v) is 13.7. The molecule has 1 aliphatic heterocycles. The van der Waals surface area contributed by atoms with E-state index >= 15 is 0 Å². The molecule has 21 heavy (non-hydrogen) atoms. The van der Waals surface area contributed by atoms with Gasteiger partial charge in [-0.3, -0.25) is 4.90 Å². The fourth-order valence-electron chi connectivity index (χ4n) is 2.40. The number of thiocarbonyl (C=S) groups is 1. The highest BCUT2D eigenvalue weighted by Crippen LogP contribution is 2.17. The molecule has 1 saturated heterocycles. The second-order valence-corrected chi connectivity index (χ2v) is 5.77. The highest BCUT2D eigenvalue weighted by Gasteiger charge is 2.14. The first-order valence-electron chi connectivity index (χ1n) is 7.54. The maximum absolute atomic E-state index is 5.49. The largest absolute Gasteiger partial charge is 0.379 e. The van der Waals surface area contributed by atoms with Crippen LogP contribution in [0.3, 0.4) is 0 Å². The van der Waals surface area contributed by atoms with E-state index in [1.54, 1.807) is 0 Å². The molecule has 1 N–H and O–H groups in total. The fraction of sp³-hybridized carbons (Fsp3) is 0.562. The van der Waals surface area contributed by atoms with Crippen molar-refractivity contribution in [1.29, 1.82) is 0 Å². The molecule has 0 amide bonds. The molecule has 116 valence electrons. The van der Waals surface area contributed by atoms with Crippen LogP contribution in [0.4, 0.5) is 0 Å². The second-order valence-electron chi connectivity index (χ2n) is 5.38. The number of rotatable bonds is 5. The zero-order valence-electron chi connectivity index (χ0n) is 12.9. The van der Waals surface area contributed by atoms with Gasteiger partial charge in [0.25, 0.3) is 0 Å². The molecule has 1 atom stereocenters. The summed E-state index contributed by atoms with van der Waals surface area (Å²) >= 11 is 5.49. The third-order valence-corrected chi connectivity index (χ3v) is 4.42. The van der Waals surface area contributed by atoms with E-state index in [2.05, 4.69) is 46.3 Å². The predicted molar refractivity (Wildman–Crippen MR) is 90.5 cm³/mol. The Kier molecular flexibility index (Phi) is 6.42. The van der Waals surface area contributed by atoms with E-state index in [-0.39, 0.29) is 6.04 Å². The first-order valence-corrected chi connectivity index (χ1v) is 7.95. The quantitative estimate of drug-likeness (QED) is 0.839. The Bertz CT molecular complexity index is 434. The van der Waals surface area contributed by atoms with Crippen molar-refractivity contribution in [2.24, 2.45) is 0 Å². The molecule has 1 heterocycles. The predicted octanol–water partition coefficient (Wildman–Crippen LogP) is 1.89. The Morgan fingerprint density at radius 1 is 1.33 bits per heavy atom. The molecule has 0 bridgehead atoms. The monoisotopic (exact) mass is 307 g/mol. The van der Waals surface area contributed by atoms with Gasteiger partial charge in [0.2, 0.25) is 0 Å². The molecule has 5 heteroatoms. The van der Waals surface area contributed by atoms with Gasteiger partial charge in [0.15, 0.2) is 5.11 Å². The van der Waals surface area contributed by atoms with E-state index < -0.39 is 0 Å². The van der Waals surface area contributed by atoms with Crippen molar-refractivity contribution < 1.29 is 4.74 Å². The average Bonchev–Trinajstić information content (AvgIpc) is 2.55. The van der Waals surface area contributed by atoms with Crippen LogP contribution in [-0.4, -0.2) is 61.4 Å². The fourth-order valence-corrected chi connectivity index (χ4v) is 2.66. The number of hydrogen-bond donors (Lipinski definition) is 1. The van der Waals surface area contributed by atoms with Crippen LogP contribution in [-0.2, 0) is 4.74 Å². The average molecular weight is 307 g/mol. The maximum Gasteiger partial charge on any atom is 0.169 e. The Balaban J connectivity index is 1.74. The van der Waals surface area contributed by atoms with Crippen LogP contribution < -0.4 is 5.32 Å². The van der Waals surface area contributed by atoms with Crippen molar-refractivity contribution in [3.8, 4) is 0 Å². The number of benzene rings is 1. The van der Waals surface area contributed by atoms with Gasteiger partial charge >= 0.3 is 0 Å². The molecule has 2 rings (SSSR count). The van der Waals surface area contributed by atoms with Gasteiger partial charge in [-0.2, -0.15) is 0 Å². The summed E-state index contributed by atoms with van der Waals surface area (Å²) in [4.78, 5) is 4.52. The molecule has 0 radical (unpaired) electrons. The third kappa shape index (κ3) is 4.95. The summed E-state index contributed by atoms with van der Waals surface area (Å²) in [6, 6.07) is 10.7. The van der Waals surface area contributed by atoms with E-state index in [4.69, 9.17) is 17.0 Å². The summed E-state index contributed by atoms with van der Waals surface area (Å²) in [5.74, 6) is 0. The van der Waals surface area contributed by atoms with Gasteiger partial charge in [0.05, 0.1) is 19.3 Å². The Morgan fingerprint density at radius 2 is 2.00 bits per heavy atom. The number of morpholine rings is 1. The molecule has 0 unspecified atom stereocenters. The van der Waals surface area contributed by atoms with E-state index in [1.165, 1.54) is 5.56 Å². The van der Waals surface area contributed by atoms with Crippen molar-refractivity contribution in [2.45, 2.75) is 13.0 Å². The van der Waals surface area contributed by atoms with E-state index in [9.17, 15) is 0 Å². The highest BCUT2D eigenvalue weighted by atomic mass is 32.1. The van der Waals surface area contributed by atoms with Crippen LogP contribution in [0.2, 0.25) is 0 Å². The Hall–Kier alpha value is -1.17. The van der Waals surface area contributed by atoms with Crippen LogP contribution in [0.15, 0.2) is 30.3 Å². The molecule has 1 fully saturated rings. The molecule has 0 saturated carbocycles. The SMILES string of the molecule is C[C@@H](c1ccccc1)N(C)C(=S)NCCN1CCOCC1. The van der Waals surface area contributed by atoms with Crippen molar-refractivity contribution in [2.75, 3.05) is 46.4 Å². The van der Waals surface area contributed by atoms with Crippen LogP contribution in [0.1, 0.15) is 18.5 Å². The number of ether oxygens (including phenoxy) is 1. The highest BCUT2D eigenvalue weighted by molar-refractivity contribution is 7.80. The summed E-state index contributed by atoms with van der Waals surface area (Å²) in [5.41, 5.74) is 1.28. The molecule has 1 aromatic carbocycles. The zero-order chi connectivity index (χ0) is 15.1. The van der Waals surface area contributed by atoms with Gasteiger partial charge in [-0.1, -0.05) is 30.3 Å². The summed E-state index contributed by atoms with van der Waals surface area (Å²) < 4.78 is 5.35. The van der Waals surface area contributed by atoms with Gasteiger partial charge in [-0.15, -0.1) is 0 Å². The summed E-state index contributed by atoms with van der Waals surface area (Å²) in [7, 11) is 2.04. The number of nitrogens with zero attached hydrogens (tertiary/aromatic N) is 2. The van der Waals surface area contributed by atoms with E-state index in [0.29, 0.717) is 0 Å². The third-order valence-electron chi connectivity index (χ3n) is 3.99. The van der Waals surface area contributed by atoms with Crippen LogP contribution in [0.5, 0.6) is 0 Å². The van der Waals surface area contributed by atoms with Crippen molar-refractivity contribution >= 4 is 17.3 Å². The van der Waals surface area contributed by atoms with Crippen LogP contribution in [0, 0.1) is 0 Å². The topological polar surface area (TPSA) is 27.7 Å². The van der Waals surface area contributed by atoms with Gasteiger partial charge in [0.1, 0.15) is 0 Å². The van der Waals surface area contributed by atoms with E-state index in [1.807, 2.05) is 13.1 Å². The van der Waals surface area contributed by atoms with Crippen molar-refractivity contribution in [3.63, 3.8) is 0 Å².